The number of methoxy groups -OCH3 is 1. The maximum atomic E-state index is 12.0. The van der Waals surface area contributed by atoms with Crippen LogP contribution in [0.5, 0.6) is 0 Å². The lowest BCUT2D eigenvalue weighted by Gasteiger charge is -2.11. The van der Waals surface area contributed by atoms with Gasteiger partial charge in [0.1, 0.15) is 6.54 Å². The fourth-order valence-corrected chi connectivity index (χ4v) is 2.44. The quantitative estimate of drug-likeness (QED) is 0.588. The van der Waals surface area contributed by atoms with E-state index < -0.39 is 28.5 Å². The third-order valence-corrected chi connectivity index (χ3v) is 4.25. The van der Waals surface area contributed by atoms with E-state index >= 15 is 0 Å². The molecular weight excluding hydrogens is 310 g/mol. The Morgan fingerprint density at radius 3 is 2.64 bits per heavy atom. The Kier molecular flexibility index (Phi) is 6.47. The molecule has 0 saturated carbocycles. The third-order valence-electron chi connectivity index (χ3n) is 2.85. The van der Waals surface area contributed by atoms with E-state index in [0.717, 1.165) is 7.11 Å². The molecule has 0 heterocycles. The molecule has 1 aromatic carbocycles. The van der Waals surface area contributed by atoms with Gasteiger partial charge in [-0.15, -0.1) is 0 Å². The molecule has 0 aliphatic rings. The van der Waals surface area contributed by atoms with Crippen molar-refractivity contribution in [1.29, 1.82) is 0 Å². The molecule has 0 radical (unpaired) electrons. The first-order chi connectivity index (χ1) is 10.3. The Morgan fingerprint density at radius 2 is 2.05 bits per heavy atom. The van der Waals surface area contributed by atoms with E-state index in [-0.39, 0.29) is 17.3 Å². The minimum Gasteiger partial charge on any atom is -0.468 e. The molecule has 1 rings (SSSR count). The van der Waals surface area contributed by atoms with E-state index in [1.54, 1.807) is 13.0 Å². The van der Waals surface area contributed by atoms with Gasteiger partial charge in [0, 0.05) is 18.2 Å². The number of hydrogen-bond acceptors (Lipinski definition) is 6. The summed E-state index contributed by atoms with van der Waals surface area (Å²) in [4.78, 5) is 22.7. The largest absolute Gasteiger partial charge is 0.468 e. The summed E-state index contributed by atoms with van der Waals surface area (Å²) in [5.41, 5.74) is 5.72. The van der Waals surface area contributed by atoms with Crippen molar-refractivity contribution < 1.29 is 22.7 Å². The number of rotatable bonds is 7. The highest BCUT2D eigenvalue weighted by Crippen LogP contribution is 2.16. The Hall–Kier alpha value is -1.97. The molecule has 0 aliphatic heterocycles. The van der Waals surface area contributed by atoms with Crippen LogP contribution in [0, 0.1) is 5.92 Å². The zero-order chi connectivity index (χ0) is 16.8. The summed E-state index contributed by atoms with van der Waals surface area (Å²) < 4.78 is 30.5. The van der Waals surface area contributed by atoms with E-state index in [4.69, 9.17) is 5.73 Å². The number of carbonyl (C=O) groups excluding carboxylic acids is 2. The van der Waals surface area contributed by atoms with Crippen molar-refractivity contribution in [3.05, 3.63) is 24.3 Å². The first kappa shape index (κ1) is 18.1. The molecule has 1 atom stereocenters. The van der Waals surface area contributed by atoms with Gasteiger partial charge in [0.2, 0.25) is 15.9 Å². The number of amides is 1. The predicted octanol–water partition coefficient (Wildman–Crippen LogP) is -0.329. The summed E-state index contributed by atoms with van der Waals surface area (Å²) in [5.74, 6) is -1.40. The number of hydrogen-bond donors (Lipinski definition) is 3. The number of ether oxygens (including phenoxy) is 1. The van der Waals surface area contributed by atoms with Crippen LogP contribution >= 0.6 is 0 Å². The lowest BCUT2D eigenvalue weighted by atomic mass is 10.1. The van der Waals surface area contributed by atoms with E-state index in [1.165, 1.54) is 18.2 Å². The van der Waals surface area contributed by atoms with Gasteiger partial charge in [0.25, 0.3) is 0 Å². The van der Waals surface area contributed by atoms with Crippen LogP contribution < -0.4 is 15.8 Å². The molecule has 0 saturated heterocycles. The zero-order valence-corrected chi connectivity index (χ0v) is 13.1. The van der Waals surface area contributed by atoms with Crippen molar-refractivity contribution >= 4 is 27.6 Å². The van der Waals surface area contributed by atoms with Gasteiger partial charge in [0.15, 0.2) is 0 Å². The Balaban J connectivity index is 2.87. The number of anilines is 1. The molecule has 0 aromatic heterocycles. The van der Waals surface area contributed by atoms with E-state index in [1.807, 2.05) is 0 Å². The van der Waals surface area contributed by atoms with Crippen molar-refractivity contribution in [3.8, 4) is 0 Å². The molecule has 122 valence electrons. The van der Waals surface area contributed by atoms with Crippen LogP contribution in [0.3, 0.4) is 0 Å². The summed E-state index contributed by atoms with van der Waals surface area (Å²) in [6, 6.07) is 5.68. The van der Waals surface area contributed by atoms with Gasteiger partial charge >= 0.3 is 5.97 Å². The maximum Gasteiger partial charge on any atom is 0.320 e. The van der Waals surface area contributed by atoms with Crippen LogP contribution in [0.1, 0.15) is 6.92 Å². The average molecular weight is 329 g/mol. The van der Waals surface area contributed by atoms with Crippen LogP contribution in [0.4, 0.5) is 5.69 Å². The van der Waals surface area contributed by atoms with Gasteiger partial charge in [-0.05, 0) is 18.2 Å². The molecule has 1 amide bonds. The van der Waals surface area contributed by atoms with Gasteiger partial charge in [-0.1, -0.05) is 13.0 Å². The monoisotopic (exact) mass is 329 g/mol. The lowest BCUT2D eigenvalue weighted by molar-refractivity contribution is -0.139. The molecular formula is C13H19N3O5S. The summed E-state index contributed by atoms with van der Waals surface area (Å²) in [7, 11) is -2.72. The highest BCUT2D eigenvalue weighted by Gasteiger charge is 2.17. The first-order valence-corrected chi connectivity index (χ1v) is 7.96. The smallest absolute Gasteiger partial charge is 0.320 e. The van der Waals surface area contributed by atoms with Crippen molar-refractivity contribution in [3.63, 3.8) is 0 Å². The molecule has 0 bridgehead atoms. The van der Waals surface area contributed by atoms with Crippen molar-refractivity contribution in [2.45, 2.75) is 11.8 Å². The fraction of sp³-hybridized carbons (Fsp3) is 0.385. The minimum absolute atomic E-state index is 0.0744. The highest BCUT2D eigenvalue weighted by molar-refractivity contribution is 7.89. The van der Waals surface area contributed by atoms with Gasteiger partial charge in [-0.3, -0.25) is 9.59 Å². The summed E-state index contributed by atoms with van der Waals surface area (Å²) >= 11 is 0. The number of carbonyl (C=O) groups is 2. The second kappa shape index (κ2) is 7.87. The van der Waals surface area contributed by atoms with E-state index in [0.29, 0.717) is 5.69 Å². The second-order valence-corrected chi connectivity index (χ2v) is 6.32. The van der Waals surface area contributed by atoms with Crippen LogP contribution in [-0.2, 0) is 24.3 Å². The van der Waals surface area contributed by atoms with Gasteiger partial charge in [0.05, 0.1) is 12.0 Å². The summed E-state index contributed by atoms with van der Waals surface area (Å²) in [5, 5.41) is 2.58. The Bertz CT molecular complexity index is 645. The Morgan fingerprint density at radius 1 is 1.36 bits per heavy atom. The van der Waals surface area contributed by atoms with Gasteiger partial charge in [-0.25, -0.2) is 8.42 Å². The molecule has 0 spiro atoms. The average Bonchev–Trinajstić information content (AvgIpc) is 2.51. The van der Waals surface area contributed by atoms with Crippen LogP contribution in [-0.4, -0.2) is 40.5 Å². The van der Waals surface area contributed by atoms with E-state index in [2.05, 4.69) is 14.8 Å². The zero-order valence-electron chi connectivity index (χ0n) is 12.3. The molecule has 0 aliphatic carbocycles. The molecule has 4 N–H and O–H groups in total. The fourth-order valence-electron chi connectivity index (χ4n) is 1.42. The maximum absolute atomic E-state index is 12.0. The molecule has 9 heteroatoms. The molecule has 0 fully saturated rings. The number of nitrogens with one attached hydrogen (secondary N) is 2. The normalized spacial score (nSPS) is 12.5. The summed E-state index contributed by atoms with van der Waals surface area (Å²) in [6.07, 6.45) is 0. The van der Waals surface area contributed by atoms with Crippen LogP contribution in [0.15, 0.2) is 29.2 Å². The molecule has 1 aromatic rings. The predicted molar refractivity (Wildman–Crippen MR) is 80.5 cm³/mol. The van der Waals surface area contributed by atoms with E-state index in [9.17, 15) is 18.0 Å². The summed E-state index contributed by atoms with van der Waals surface area (Å²) in [6.45, 7) is 1.37. The van der Waals surface area contributed by atoms with Crippen molar-refractivity contribution in [2.75, 3.05) is 25.5 Å². The lowest BCUT2D eigenvalue weighted by Crippen LogP contribution is -2.30. The SMILES string of the molecule is COC(=O)CNS(=O)(=O)c1cccc(NC(=O)C(C)CN)c1. The number of nitrogens with two attached hydrogens (primary N) is 1. The minimum atomic E-state index is -3.88. The molecule has 1 unspecified atom stereocenters. The molecule has 8 nitrogen and oxygen atoms in total. The highest BCUT2D eigenvalue weighted by atomic mass is 32.2. The third kappa shape index (κ3) is 5.10. The topological polar surface area (TPSA) is 128 Å². The van der Waals surface area contributed by atoms with Crippen LogP contribution in [0.2, 0.25) is 0 Å². The van der Waals surface area contributed by atoms with Crippen LogP contribution in [0.25, 0.3) is 0 Å². The number of esters is 1. The van der Waals surface area contributed by atoms with Gasteiger partial charge < -0.3 is 15.8 Å². The van der Waals surface area contributed by atoms with Crippen molar-refractivity contribution in [1.82, 2.24) is 4.72 Å². The number of benzene rings is 1. The Labute approximate surface area is 129 Å². The van der Waals surface area contributed by atoms with Crippen molar-refractivity contribution in [2.24, 2.45) is 11.7 Å². The standard InChI is InChI=1S/C13H19N3O5S/c1-9(7-14)13(18)16-10-4-3-5-11(6-10)22(19,20)15-8-12(17)21-2/h3-6,9,15H,7-8,14H2,1-2H3,(H,16,18). The first-order valence-electron chi connectivity index (χ1n) is 6.47. The number of sulfonamides is 1. The van der Waals surface area contributed by atoms with Gasteiger partial charge in [-0.2, -0.15) is 4.72 Å². The second-order valence-electron chi connectivity index (χ2n) is 4.55. The molecule has 22 heavy (non-hydrogen) atoms.